The zero-order valence-electron chi connectivity index (χ0n) is 18.6. The van der Waals surface area contributed by atoms with Crippen LogP contribution in [0.5, 0.6) is 0 Å². The van der Waals surface area contributed by atoms with Crippen molar-refractivity contribution in [3.63, 3.8) is 0 Å². The summed E-state index contributed by atoms with van der Waals surface area (Å²) in [6.07, 6.45) is 8.42. The minimum absolute atomic E-state index is 0.0517. The fourth-order valence-electron chi connectivity index (χ4n) is 6.28. The molecule has 0 aromatic rings. The van der Waals surface area contributed by atoms with Gasteiger partial charge in [-0.05, 0) is 44.9 Å². The molecular weight excluding hydrogens is 398 g/mol. The molecule has 2 unspecified atom stereocenters. The van der Waals surface area contributed by atoms with Gasteiger partial charge in [0.1, 0.15) is 11.6 Å². The van der Waals surface area contributed by atoms with Crippen LogP contribution in [0.25, 0.3) is 0 Å². The van der Waals surface area contributed by atoms with Crippen molar-refractivity contribution in [3.8, 4) is 0 Å². The number of carbonyl (C=O) groups excluding carboxylic acids is 3. The number of nitrogens with one attached hydrogen (secondary N) is 2. The Morgan fingerprint density at radius 2 is 1.94 bits per heavy atom. The summed E-state index contributed by atoms with van der Waals surface area (Å²) in [5.74, 6) is -1.53. The van der Waals surface area contributed by atoms with Gasteiger partial charge in [-0.1, -0.05) is 26.2 Å². The van der Waals surface area contributed by atoms with E-state index in [4.69, 9.17) is 4.74 Å². The van der Waals surface area contributed by atoms with Gasteiger partial charge in [0, 0.05) is 25.7 Å². The van der Waals surface area contributed by atoms with Crippen molar-refractivity contribution in [2.75, 3.05) is 19.7 Å². The molecule has 0 aromatic heterocycles. The number of hydrogen-bond donors (Lipinski definition) is 3. The molecule has 4 rings (SSSR count). The molecule has 1 aliphatic carbocycles. The molecule has 8 nitrogen and oxygen atoms in total. The summed E-state index contributed by atoms with van der Waals surface area (Å²) >= 11 is 0. The molecule has 2 bridgehead atoms. The van der Waals surface area contributed by atoms with E-state index in [2.05, 4.69) is 10.6 Å². The Morgan fingerprint density at radius 1 is 1.16 bits per heavy atom. The molecule has 174 valence electrons. The van der Waals surface area contributed by atoms with Gasteiger partial charge in [0.25, 0.3) is 0 Å². The lowest BCUT2D eigenvalue weighted by molar-refractivity contribution is -0.142. The lowest BCUT2D eigenvalue weighted by Crippen LogP contribution is -2.57. The second-order valence-corrected chi connectivity index (χ2v) is 9.65. The predicted molar refractivity (Wildman–Crippen MR) is 114 cm³/mol. The van der Waals surface area contributed by atoms with E-state index < -0.39 is 23.5 Å². The summed E-state index contributed by atoms with van der Waals surface area (Å²) in [7, 11) is 0. The molecule has 3 N–H and O–H groups in total. The number of aliphatic hydroxyl groups excluding tert-OH is 1. The molecule has 1 spiro atoms. The molecule has 31 heavy (non-hydrogen) atoms. The summed E-state index contributed by atoms with van der Waals surface area (Å²) in [5.41, 5.74) is -0.909. The van der Waals surface area contributed by atoms with Gasteiger partial charge in [0.15, 0.2) is 0 Å². The molecule has 8 heteroatoms. The Hall–Kier alpha value is -1.67. The molecule has 4 fully saturated rings. The maximum atomic E-state index is 13.6. The van der Waals surface area contributed by atoms with Gasteiger partial charge in [0.2, 0.25) is 17.7 Å². The average molecular weight is 436 g/mol. The molecule has 1 saturated carbocycles. The second-order valence-electron chi connectivity index (χ2n) is 9.65. The van der Waals surface area contributed by atoms with Crippen LogP contribution in [0.3, 0.4) is 0 Å². The summed E-state index contributed by atoms with van der Waals surface area (Å²) in [5, 5.41) is 15.3. The van der Waals surface area contributed by atoms with Crippen molar-refractivity contribution >= 4 is 17.7 Å². The van der Waals surface area contributed by atoms with Gasteiger partial charge >= 0.3 is 0 Å². The number of aliphatic hydroxyl groups is 1. The zero-order valence-corrected chi connectivity index (χ0v) is 18.6. The second kappa shape index (κ2) is 9.45. The third kappa shape index (κ3) is 3.97. The molecule has 0 aromatic carbocycles. The molecule has 4 aliphatic rings. The Labute approximate surface area is 184 Å². The number of rotatable bonds is 9. The van der Waals surface area contributed by atoms with E-state index in [9.17, 15) is 19.5 Å². The number of hydrogen-bond acceptors (Lipinski definition) is 5. The first-order valence-electron chi connectivity index (χ1n) is 12.2. The Morgan fingerprint density at radius 3 is 2.65 bits per heavy atom. The van der Waals surface area contributed by atoms with E-state index in [0.29, 0.717) is 38.8 Å². The Balaban J connectivity index is 1.59. The first-order valence-corrected chi connectivity index (χ1v) is 12.2. The molecule has 5 atom stereocenters. The van der Waals surface area contributed by atoms with Crippen molar-refractivity contribution in [1.29, 1.82) is 0 Å². The molecule has 3 heterocycles. The zero-order chi connectivity index (χ0) is 22.0. The predicted octanol–water partition coefficient (Wildman–Crippen LogP) is 1.11. The van der Waals surface area contributed by atoms with Crippen molar-refractivity contribution in [1.82, 2.24) is 15.5 Å². The van der Waals surface area contributed by atoms with Gasteiger partial charge in [-0.15, -0.1) is 0 Å². The monoisotopic (exact) mass is 435 g/mol. The number of ether oxygens (including phenoxy) is 1. The van der Waals surface area contributed by atoms with Gasteiger partial charge < -0.3 is 25.4 Å². The summed E-state index contributed by atoms with van der Waals surface area (Å²) in [4.78, 5) is 41.7. The summed E-state index contributed by atoms with van der Waals surface area (Å²) in [6.45, 7) is 3.02. The van der Waals surface area contributed by atoms with E-state index in [1.807, 2.05) is 6.92 Å². The van der Waals surface area contributed by atoms with E-state index in [1.54, 1.807) is 4.90 Å². The number of unbranched alkanes of at least 4 members (excludes halogenated alkanes) is 1. The normalized spacial score (nSPS) is 34.8. The third-order valence-electron chi connectivity index (χ3n) is 7.66. The standard InChI is InChI=1S/C23H37N3O5/c1-2-12-24-20(28)17-16-10-11-23(31-16)18(17)22(30)26(13-6-7-14-27)19(23)21(29)25-15-8-4-3-5-9-15/h15-19,27H,2-14H2,1H3,(H,24,28)(H,25,29)/t16-,17+,18+,19?,23?/m1/s1. The fourth-order valence-corrected chi connectivity index (χ4v) is 6.28. The number of nitrogens with zero attached hydrogens (tertiary/aromatic N) is 1. The van der Waals surface area contributed by atoms with Gasteiger partial charge in [-0.3, -0.25) is 14.4 Å². The van der Waals surface area contributed by atoms with Crippen molar-refractivity contribution < 1.29 is 24.2 Å². The molecule has 0 radical (unpaired) electrons. The smallest absolute Gasteiger partial charge is 0.246 e. The third-order valence-corrected chi connectivity index (χ3v) is 7.66. The van der Waals surface area contributed by atoms with E-state index in [0.717, 1.165) is 32.1 Å². The first kappa shape index (κ1) is 22.5. The van der Waals surface area contributed by atoms with Crippen molar-refractivity contribution in [2.24, 2.45) is 11.8 Å². The largest absolute Gasteiger partial charge is 0.396 e. The van der Waals surface area contributed by atoms with Crippen LogP contribution in [-0.2, 0) is 19.1 Å². The van der Waals surface area contributed by atoms with Crippen LogP contribution in [0.4, 0.5) is 0 Å². The van der Waals surface area contributed by atoms with Crippen LogP contribution < -0.4 is 10.6 Å². The number of fused-ring (bicyclic) bond motifs is 1. The van der Waals surface area contributed by atoms with Crippen LogP contribution in [0.1, 0.15) is 71.1 Å². The van der Waals surface area contributed by atoms with E-state index >= 15 is 0 Å². The lowest BCUT2D eigenvalue weighted by Gasteiger charge is -2.35. The summed E-state index contributed by atoms with van der Waals surface area (Å²) < 4.78 is 6.39. The minimum Gasteiger partial charge on any atom is -0.396 e. The highest BCUT2D eigenvalue weighted by Crippen LogP contribution is 2.58. The maximum absolute atomic E-state index is 13.6. The maximum Gasteiger partial charge on any atom is 0.246 e. The van der Waals surface area contributed by atoms with Crippen molar-refractivity contribution in [2.45, 2.75) is 94.9 Å². The first-order chi connectivity index (χ1) is 15.0. The van der Waals surface area contributed by atoms with E-state index in [1.165, 1.54) is 6.42 Å². The van der Waals surface area contributed by atoms with E-state index in [-0.39, 0.29) is 36.5 Å². The van der Waals surface area contributed by atoms with Crippen molar-refractivity contribution in [3.05, 3.63) is 0 Å². The lowest BCUT2D eigenvalue weighted by atomic mass is 9.70. The topological polar surface area (TPSA) is 108 Å². The summed E-state index contributed by atoms with van der Waals surface area (Å²) in [6, 6.07) is -0.548. The number of likely N-dealkylation sites (tertiary alicyclic amines) is 1. The van der Waals surface area contributed by atoms with Gasteiger partial charge in [-0.25, -0.2) is 0 Å². The van der Waals surface area contributed by atoms with Crippen LogP contribution in [-0.4, -0.2) is 71.2 Å². The van der Waals surface area contributed by atoms with Gasteiger partial charge in [0.05, 0.1) is 17.9 Å². The van der Waals surface area contributed by atoms with Gasteiger partial charge in [-0.2, -0.15) is 0 Å². The van der Waals surface area contributed by atoms with Crippen LogP contribution in [0.2, 0.25) is 0 Å². The molecule has 3 amide bonds. The highest BCUT2D eigenvalue weighted by Gasteiger charge is 2.74. The molecule has 3 aliphatic heterocycles. The average Bonchev–Trinajstić information content (AvgIpc) is 3.40. The Kier molecular flexibility index (Phi) is 6.86. The number of amides is 3. The molecule has 3 saturated heterocycles. The number of carbonyl (C=O) groups is 3. The Bertz CT molecular complexity index is 695. The fraction of sp³-hybridized carbons (Fsp3) is 0.870. The SMILES string of the molecule is CCCNC(=O)[C@@H]1[C@H]2C(=O)N(CCCCO)C(C(=O)NC3CCCCC3)C23CC[C@H]1O3. The van der Waals surface area contributed by atoms with Crippen LogP contribution >= 0.6 is 0 Å². The minimum atomic E-state index is -0.909. The highest BCUT2D eigenvalue weighted by atomic mass is 16.5. The molecular formula is C23H37N3O5. The quantitative estimate of drug-likeness (QED) is 0.470. The van der Waals surface area contributed by atoms with Crippen LogP contribution in [0, 0.1) is 11.8 Å². The highest BCUT2D eigenvalue weighted by molar-refractivity contribution is 5.99. The van der Waals surface area contributed by atoms with Crippen LogP contribution in [0.15, 0.2) is 0 Å².